The third kappa shape index (κ3) is 1.91. The number of nitrogens with two attached hydrogens (primary N) is 1. The number of aliphatic hydroxyl groups is 1. The number of anilines is 1. The van der Waals surface area contributed by atoms with E-state index in [4.69, 9.17) is 5.73 Å². The van der Waals surface area contributed by atoms with Crippen LogP contribution in [0.15, 0.2) is 18.2 Å². The fraction of sp³-hybridized carbons (Fsp3) is 0.600. The Morgan fingerprint density at radius 3 is 2.78 bits per heavy atom. The van der Waals surface area contributed by atoms with Gasteiger partial charge < -0.3 is 15.7 Å². The fourth-order valence-electron chi connectivity index (χ4n) is 3.36. The van der Waals surface area contributed by atoms with Crippen LogP contribution in [-0.4, -0.2) is 24.7 Å². The fourth-order valence-corrected chi connectivity index (χ4v) is 3.36. The highest BCUT2D eigenvalue weighted by Gasteiger charge is 2.36. The highest BCUT2D eigenvalue weighted by molar-refractivity contribution is 5.54. The number of rotatable bonds is 3. The minimum Gasteiger partial charge on any atom is -0.385 e. The van der Waals surface area contributed by atoms with E-state index in [-0.39, 0.29) is 0 Å². The Morgan fingerprint density at radius 2 is 2.06 bits per heavy atom. The molecular formula is C15H22N2O. The Hall–Kier alpha value is -1.06. The Kier molecular flexibility index (Phi) is 3.04. The first kappa shape index (κ1) is 12.0. The SMILES string of the molecule is NCCC1(O)CCc2ccc(N3CCCC3)cc21. The van der Waals surface area contributed by atoms with Gasteiger partial charge in [0.15, 0.2) is 0 Å². The number of aryl methyl sites for hydroxylation is 1. The molecule has 3 heteroatoms. The highest BCUT2D eigenvalue weighted by atomic mass is 16.3. The lowest BCUT2D eigenvalue weighted by molar-refractivity contribution is 0.0321. The summed E-state index contributed by atoms with van der Waals surface area (Å²) in [5.74, 6) is 0. The topological polar surface area (TPSA) is 49.5 Å². The Morgan fingerprint density at radius 1 is 1.28 bits per heavy atom. The maximum absolute atomic E-state index is 10.7. The third-order valence-electron chi connectivity index (χ3n) is 4.43. The summed E-state index contributed by atoms with van der Waals surface area (Å²) in [6.07, 6.45) is 5.03. The Balaban J connectivity index is 1.93. The third-order valence-corrected chi connectivity index (χ3v) is 4.43. The van der Waals surface area contributed by atoms with E-state index < -0.39 is 5.60 Å². The standard InChI is InChI=1S/C15H22N2O/c16-8-7-15(18)6-5-12-3-4-13(11-14(12)15)17-9-1-2-10-17/h3-4,11,18H,1-2,5-10,16H2. The van der Waals surface area contributed by atoms with Crippen LogP contribution in [0.1, 0.15) is 36.8 Å². The molecule has 1 aromatic rings. The largest absolute Gasteiger partial charge is 0.385 e. The van der Waals surface area contributed by atoms with Gasteiger partial charge in [0.2, 0.25) is 0 Å². The maximum atomic E-state index is 10.7. The minimum atomic E-state index is -0.681. The van der Waals surface area contributed by atoms with Gasteiger partial charge >= 0.3 is 0 Å². The summed E-state index contributed by atoms with van der Waals surface area (Å²) < 4.78 is 0. The number of benzene rings is 1. The second-order valence-electron chi connectivity index (χ2n) is 5.61. The lowest BCUT2D eigenvalue weighted by atomic mass is 9.92. The number of hydrogen-bond donors (Lipinski definition) is 2. The lowest BCUT2D eigenvalue weighted by Gasteiger charge is -2.25. The van der Waals surface area contributed by atoms with E-state index in [1.54, 1.807) is 0 Å². The van der Waals surface area contributed by atoms with E-state index >= 15 is 0 Å². The van der Waals surface area contributed by atoms with Crippen molar-refractivity contribution in [1.82, 2.24) is 0 Å². The number of hydrogen-bond acceptors (Lipinski definition) is 3. The van der Waals surface area contributed by atoms with Crippen molar-refractivity contribution < 1.29 is 5.11 Å². The van der Waals surface area contributed by atoms with Crippen LogP contribution in [0.5, 0.6) is 0 Å². The quantitative estimate of drug-likeness (QED) is 0.854. The van der Waals surface area contributed by atoms with Crippen LogP contribution >= 0.6 is 0 Å². The van der Waals surface area contributed by atoms with Gasteiger partial charge in [-0.05, 0) is 61.9 Å². The molecule has 0 spiro atoms. The number of fused-ring (bicyclic) bond motifs is 1. The molecule has 1 aliphatic carbocycles. The summed E-state index contributed by atoms with van der Waals surface area (Å²) in [5.41, 5.74) is 8.65. The molecule has 2 aliphatic rings. The van der Waals surface area contributed by atoms with Gasteiger partial charge in [-0.3, -0.25) is 0 Å². The maximum Gasteiger partial charge on any atom is 0.0915 e. The normalized spacial score (nSPS) is 26.7. The van der Waals surface area contributed by atoms with Crippen molar-refractivity contribution in [2.75, 3.05) is 24.5 Å². The van der Waals surface area contributed by atoms with Gasteiger partial charge in [-0.1, -0.05) is 6.07 Å². The zero-order chi connectivity index (χ0) is 12.6. The van der Waals surface area contributed by atoms with Crippen LogP contribution in [-0.2, 0) is 12.0 Å². The van der Waals surface area contributed by atoms with Gasteiger partial charge in [-0.15, -0.1) is 0 Å². The van der Waals surface area contributed by atoms with Gasteiger partial charge in [0.25, 0.3) is 0 Å². The molecule has 3 rings (SSSR count). The zero-order valence-electron chi connectivity index (χ0n) is 10.9. The van der Waals surface area contributed by atoms with Crippen LogP contribution in [0.2, 0.25) is 0 Å². The monoisotopic (exact) mass is 246 g/mol. The molecule has 0 bridgehead atoms. The second-order valence-corrected chi connectivity index (χ2v) is 5.61. The van der Waals surface area contributed by atoms with E-state index in [1.165, 1.54) is 24.1 Å². The Bertz CT molecular complexity index is 436. The van der Waals surface area contributed by atoms with E-state index in [9.17, 15) is 5.11 Å². The van der Waals surface area contributed by atoms with Gasteiger partial charge in [0.1, 0.15) is 0 Å². The van der Waals surface area contributed by atoms with E-state index in [0.29, 0.717) is 13.0 Å². The first-order chi connectivity index (χ1) is 8.73. The molecule has 0 amide bonds. The van der Waals surface area contributed by atoms with Crippen molar-refractivity contribution in [3.63, 3.8) is 0 Å². The van der Waals surface area contributed by atoms with Crippen LogP contribution in [0.3, 0.4) is 0 Å². The minimum absolute atomic E-state index is 0.546. The van der Waals surface area contributed by atoms with Crippen molar-refractivity contribution in [1.29, 1.82) is 0 Å². The molecule has 1 heterocycles. The van der Waals surface area contributed by atoms with E-state index in [1.807, 2.05) is 0 Å². The molecule has 3 nitrogen and oxygen atoms in total. The van der Waals surface area contributed by atoms with Crippen molar-refractivity contribution >= 4 is 5.69 Å². The van der Waals surface area contributed by atoms with Crippen molar-refractivity contribution in [2.45, 2.75) is 37.7 Å². The average Bonchev–Trinajstić information content (AvgIpc) is 2.99. The van der Waals surface area contributed by atoms with Gasteiger partial charge in [-0.2, -0.15) is 0 Å². The zero-order valence-corrected chi connectivity index (χ0v) is 10.9. The first-order valence-corrected chi connectivity index (χ1v) is 7.04. The summed E-state index contributed by atoms with van der Waals surface area (Å²) in [7, 11) is 0. The predicted octanol–water partition coefficient (Wildman–Crippen LogP) is 1.77. The first-order valence-electron chi connectivity index (χ1n) is 7.04. The summed E-state index contributed by atoms with van der Waals surface area (Å²) in [6, 6.07) is 6.60. The number of nitrogens with zero attached hydrogens (tertiary/aromatic N) is 1. The average molecular weight is 246 g/mol. The van der Waals surface area contributed by atoms with Crippen molar-refractivity contribution in [3.05, 3.63) is 29.3 Å². The van der Waals surface area contributed by atoms with Crippen LogP contribution < -0.4 is 10.6 Å². The molecule has 1 atom stereocenters. The lowest BCUT2D eigenvalue weighted by Crippen LogP contribution is -2.26. The summed E-state index contributed by atoms with van der Waals surface area (Å²) in [6.45, 7) is 2.84. The summed E-state index contributed by atoms with van der Waals surface area (Å²) in [5, 5.41) is 10.7. The van der Waals surface area contributed by atoms with Gasteiger partial charge in [-0.25, -0.2) is 0 Å². The van der Waals surface area contributed by atoms with Gasteiger partial charge in [0.05, 0.1) is 5.60 Å². The van der Waals surface area contributed by atoms with Crippen LogP contribution in [0.25, 0.3) is 0 Å². The molecule has 18 heavy (non-hydrogen) atoms. The van der Waals surface area contributed by atoms with Crippen molar-refractivity contribution in [3.8, 4) is 0 Å². The molecule has 0 aromatic heterocycles. The van der Waals surface area contributed by atoms with Crippen molar-refractivity contribution in [2.24, 2.45) is 5.73 Å². The molecule has 0 saturated carbocycles. The molecule has 1 fully saturated rings. The smallest absolute Gasteiger partial charge is 0.0915 e. The molecule has 1 saturated heterocycles. The summed E-state index contributed by atoms with van der Waals surface area (Å²) in [4.78, 5) is 2.42. The molecule has 1 unspecified atom stereocenters. The molecule has 1 aromatic carbocycles. The molecule has 3 N–H and O–H groups in total. The predicted molar refractivity (Wildman–Crippen MR) is 73.8 cm³/mol. The van der Waals surface area contributed by atoms with Crippen LogP contribution in [0, 0.1) is 0 Å². The van der Waals surface area contributed by atoms with E-state index in [2.05, 4.69) is 23.1 Å². The highest BCUT2D eigenvalue weighted by Crippen LogP contribution is 2.41. The second kappa shape index (κ2) is 4.56. The molecule has 1 aliphatic heterocycles. The molecule has 0 radical (unpaired) electrons. The van der Waals surface area contributed by atoms with E-state index in [0.717, 1.165) is 31.5 Å². The van der Waals surface area contributed by atoms with Gasteiger partial charge in [0, 0.05) is 18.8 Å². The summed E-state index contributed by atoms with van der Waals surface area (Å²) >= 11 is 0. The van der Waals surface area contributed by atoms with Crippen LogP contribution in [0.4, 0.5) is 5.69 Å². The molecule has 98 valence electrons. The molecular weight excluding hydrogens is 224 g/mol. The Labute approximate surface area is 109 Å².